The van der Waals surface area contributed by atoms with Crippen LogP contribution in [0, 0.1) is 13.8 Å². The molecule has 1 amide bonds. The first-order chi connectivity index (χ1) is 16.4. The molecule has 2 aromatic heterocycles. The molecule has 7 nitrogen and oxygen atoms in total. The Balaban J connectivity index is 1.55. The zero-order valence-electron chi connectivity index (χ0n) is 19.7. The van der Waals surface area contributed by atoms with E-state index in [2.05, 4.69) is 11.1 Å². The van der Waals surface area contributed by atoms with Gasteiger partial charge in [0.1, 0.15) is 0 Å². The standard InChI is InChI=1S/C27H26N4O3/c1-15-8-10-18(16(2)29-15)19-6-5-7-20-25(28)24-21(30-26(19)20)14-31(27(24)32)13-17-9-11-22(33-3)23(12-17)34-4/h5-12H,13-14H2,1-4H3,(H2,28,30). The second-order valence-corrected chi connectivity index (χ2v) is 8.49. The van der Waals surface area contributed by atoms with E-state index in [1.807, 2.05) is 56.3 Å². The van der Waals surface area contributed by atoms with Gasteiger partial charge in [-0.05, 0) is 37.6 Å². The zero-order valence-corrected chi connectivity index (χ0v) is 19.7. The quantitative estimate of drug-likeness (QED) is 0.471. The number of pyridine rings is 2. The molecule has 3 heterocycles. The average molecular weight is 455 g/mol. The molecule has 2 N–H and O–H groups in total. The molecule has 0 radical (unpaired) electrons. The van der Waals surface area contributed by atoms with E-state index in [1.54, 1.807) is 19.1 Å². The first-order valence-electron chi connectivity index (χ1n) is 11.1. The number of carbonyl (C=O) groups excluding carboxylic acids is 1. The molecular formula is C27H26N4O3. The SMILES string of the molecule is COc1ccc(CN2Cc3nc4c(-c5ccc(C)nc5C)cccc4c(N)c3C2=O)cc1OC. The average Bonchev–Trinajstić information content (AvgIpc) is 3.14. The Labute approximate surface area is 198 Å². The van der Waals surface area contributed by atoms with Crippen LogP contribution in [-0.4, -0.2) is 35.0 Å². The maximum Gasteiger partial charge on any atom is 0.258 e. The van der Waals surface area contributed by atoms with E-state index in [0.717, 1.165) is 39.0 Å². The number of nitrogens with zero attached hydrogens (tertiary/aromatic N) is 3. The Bertz CT molecular complexity index is 1450. The lowest BCUT2D eigenvalue weighted by Crippen LogP contribution is -2.23. The molecule has 7 heteroatoms. The van der Waals surface area contributed by atoms with E-state index in [-0.39, 0.29) is 5.91 Å². The highest BCUT2D eigenvalue weighted by Crippen LogP contribution is 2.38. The van der Waals surface area contributed by atoms with Crippen LogP contribution in [-0.2, 0) is 13.1 Å². The van der Waals surface area contributed by atoms with Gasteiger partial charge in [-0.2, -0.15) is 0 Å². The molecular weight excluding hydrogens is 428 g/mol. The molecule has 0 unspecified atom stereocenters. The molecule has 1 aliphatic heterocycles. The molecule has 0 aliphatic carbocycles. The van der Waals surface area contributed by atoms with Crippen molar-refractivity contribution in [2.45, 2.75) is 26.9 Å². The normalized spacial score (nSPS) is 12.8. The fraction of sp³-hybridized carbons (Fsp3) is 0.222. The Morgan fingerprint density at radius 2 is 1.76 bits per heavy atom. The van der Waals surface area contributed by atoms with Crippen LogP contribution >= 0.6 is 0 Å². The number of hydrogen-bond donors (Lipinski definition) is 1. The van der Waals surface area contributed by atoms with Gasteiger partial charge in [0.2, 0.25) is 0 Å². The van der Waals surface area contributed by atoms with Gasteiger partial charge in [0, 0.05) is 34.4 Å². The number of para-hydroxylation sites is 1. The van der Waals surface area contributed by atoms with Gasteiger partial charge in [-0.25, -0.2) is 4.98 Å². The van der Waals surface area contributed by atoms with E-state index in [4.69, 9.17) is 20.2 Å². The number of nitrogen functional groups attached to an aromatic ring is 1. The maximum atomic E-state index is 13.3. The molecule has 0 saturated heterocycles. The van der Waals surface area contributed by atoms with E-state index >= 15 is 0 Å². The summed E-state index contributed by atoms with van der Waals surface area (Å²) in [5.74, 6) is 1.15. The molecule has 5 rings (SSSR count). The number of fused-ring (bicyclic) bond motifs is 2. The van der Waals surface area contributed by atoms with E-state index in [1.165, 1.54) is 0 Å². The number of benzene rings is 2. The third kappa shape index (κ3) is 3.50. The minimum atomic E-state index is -0.115. The van der Waals surface area contributed by atoms with Crippen molar-refractivity contribution < 1.29 is 14.3 Å². The van der Waals surface area contributed by atoms with Crippen molar-refractivity contribution in [1.82, 2.24) is 14.9 Å². The van der Waals surface area contributed by atoms with Gasteiger partial charge in [0.05, 0.1) is 43.2 Å². The highest BCUT2D eigenvalue weighted by atomic mass is 16.5. The maximum absolute atomic E-state index is 13.3. The number of nitrogens with two attached hydrogens (primary N) is 1. The van der Waals surface area contributed by atoms with Crippen molar-refractivity contribution in [3.63, 3.8) is 0 Å². The molecule has 0 spiro atoms. The fourth-order valence-corrected chi connectivity index (χ4v) is 4.64. The summed E-state index contributed by atoms with van der Waals surface area (Å²) in [5, 5.41) is 0.776. The van der Waals surface area contributed by atoms with Crippen molar-refractivity contribution in [3.05, 3.63) is 76.7 Å². The molecule has 0 saturated carbocycles. The zero-order chi connectivity index (χ0) is 24.0. The number of anilines is 1. The van der Waals surface area contributed by atoms with Gasteiger partial charge in [-0.15, -0.1) is 0 Å². The largest absolute Gasteiger partial charge is 0.493 e. The van der Waals surface area contributed by atoms with Crippen molar-refractivity contribution in [2.75, 3.05) is 20.0 Å². The van der Waals surface area contributed by atoms with Crippen molar-refractivity contribution in [2.24, 2.45) is 0 Å². The molecule has 0 fully saturated rings. The lowest BCUT2D eigenvalue weighted by Gasteiger charge is -2.17. The molecule has 4 aromatic rings. The monoisotopic (exact) mass is 454 g/mol. The van der Waals surface area contributed by atoms with Crippen LogP contribution in [0.1, 0.15) is 33.0 Å². The van der Waals surface area contributed by atoms with Crippen molar-refractivity contribution >= 4 is 22.5 Å². The summed E-state index contributed by atoms with van der Waals surface area (Å²) in [6.07, 6.45) is 0. The van der Waals surface area contributed by atoms with Crippen LogP contribution < -0.4 is 15.2 Å². The molecule has 0 bridgehead atoms. The smallest absolute Gasteiger partial charge is 0.258 e. The Morgan fingerprint density at radius 1 is 0.971 bits per heavy atom. The third-order valence-electron chi connectivity index (χ3n) is 6.31. The molecule has 2 aromatic carbocycles. The van der Waals surface area contributed by atoms with Gasteiger partial charge in [0.25, 0.3) is 5.91 Å². The minimum Gasteiger partial charge on any atom is -0.493 e. The van der Waals surface area contributed by atoms with E-state index < -0.39 is 0 Å². The van der Waals surface area contributed by atoms with Crippen LogP contribution in [0.25, 0.3) is 22.0 Å². The first-order valence-corrected chi connectivity index (χ1v) is 11.1. The van der Waals surface area contributed by atoms with Crippen LogP contribution in [0.5, 0.6) is 11.5 Å². The summed E-state index contributed by atoms with van der Waals surface area (Å²) in [6, 6.07) is 15.6. The Hall–Kier alpha value is -4.13. The molecule has 34 heavy (non-hydrogen) atoms. The van der Waals surface area contributed by atoms with Gasteiger partial charge in [0.15, 0.2) is 11.5 Å². The Kier molecular flexibility index (Phi) is 5.32. The molecule has 1 aliphatic rings. The van der Waals surface area contributed by atoms with E-state index in [9.17, 15) is 4.79 Å². The number of methoxy groups -OCH3 is 2. The summed E-state index contributed by atoms with van der Waals surface area (Å²) < 4.78 is 10.7. The van der Waals surface area contributed by atoms with Crippen molar-refractivity contribution in [1.29, 1.82) is 0 Å². The van der Waals surface area contributed by atoms with Gasteiger partial charge in [-0.3, -0.25) is 9.78 Å². The molecule has 172 valence electrons. The van der Waals surface area contributed by atoms with Crippen LogP contribution in [0.3, 0.4) is 0 Å². The highest BCUT2D eigenvalue weighted by molar-refractivity contribution is 6.11. The topological polar surface area (TPSA) is 90.6 Å². The number of hydrogen-bond acceptors (Lipinski definition) is 6. The number of amides is 1. The van der Waals surface area contributed by atoms with Crippen LogP contribution in [0.4, 0.5) is 5.69 Å². The van der Waals surface area contributed by atoms with Gasteiger partial charge >= 0.3 is 0 Å². The van der Waals surface area contributed by atoms with Gasteiger partial charge < -0.3 is 20.1 Å². The highest BCUT2D eigenvalue weighted by Gasteiger charge is 2.32. The number of aromatic nitrogens is 2. The Morgan fingerprint density at radius 3 is 2.50 bits per heavy atom. The van der Waals surface area contributed by atoms with Crippen LogP contribution in [0.15, 0.2) is 48.5 Å². The number of aryl methyl sites for hydroxylation is 2. The number of rotatable bonds is 5. The third-order valence-corrected chi connectivity index (χ3v) is 6.31. The van der Waals surface area contributed by atoms with Crippen LogP contribution in [0.2, 0.25) is 0 Å². The summed E-state index contributed by atoms with van der Waals surface area (Å²) in [5.41, 5.74) is 13.8. The lowest BCUT2D eigenvalue weighted by molar-refractivity contribution is 0.0767. The summed E-state index contributed by atoms with van der Waals surface area (Å²) >= 11 is 0. The lowest BCUT2D eigenvalue weighted by atomic mass is 9.98. The first kappa shape index (κ1) is 21.7. The fourth-order valence-electron chi connectivity index (χ4n) is 4.64. The summed E-state index contributed by atoms with van der Waals surface area (Å²) in [6.45, 7) is 4.77. The predicted molar refractivity (Wildman–Crippen MR) is 132 cm³/mol. The number of carbonyl (C=O) groups is 1. The second-order valence-electron chi connectivity index (χ2n) is 8.49. The summed E-state index contributed by atoms with van der Waals surface area (Å²) in [4.78, 5) is 24.6. The summed E-state index contributed by atoms with van der Waals surface area (Å²) in [7, 11) is 3.19. The van der Waals surface area contributed by atoms with E-state index in [0.29, 0.717) is 41.5 Å². The minimum absolute atomic E-state index is 0.115. The van der Waals surface area contributed by atoms with Crippen molar-refractivity contribution in [3.8, 4) is 22.6 Å². The number of ether oxygens (including phenoxy) is 2. The molecule has 0 atom stereocenters. The second kappa shape index (κ2) is 8.33. The predicted octanol–water partition coefficient (Wildman–Crippen LogP) is 4.67. The van der Waals surface area contributed by atoms with Gasteiger partial charge in [-0.1, -0.05) is 30.3 Å².